The molecule has 0 amide bonds. The van der Waals surface area contributed by atoms with Gasteiger partial charge in [0.05, 0.1) is 24.0 Å². The van der Waals surface area contributed by atoms with Crippen LogP contribution >= 0.6 is 0 Å². The average Bonchev–Trinajstić information content (AvgIpc) is 3.24. The number of nitrogens with two attached hydrogens (primary N) is 1. The van der Waals surface area contributed by atoms with E-state index in [0.717, 1.165) is 35.9 Å². The fraction of sp³-hybridized carbons (Fsp3) is 0.471. The molecule has 21 heavy (non-hydrogen) atoms. The number of imidazole rings is 1. The van der Waals surface area contributed by atoms with Crippen molar-refractivity contribution >= 4 is 0 Å². The van der Waals surface area contributed by atoms with Crippen LogP contribution in [-0.4, -0.2) is 16.6 Å². The van der Waals surface area contributed by atoms with Crippen LogP contribution in [-0.2, 0) is 5.54 Å². The molecular weight excluding hydrogens is 262 g/mol. The summed E-state index contributed by atoms with van der Waals surface area (Å²) in [5.74, 6) is 2.34. The number of benzene rings is 1. The van der Waals surface area contributed by atoms with Gasteiger partial charge in [-0.2, -0.15) is 0 Å². The van der Waals surface area contributed by atoms with E-state index in [1.165, 1.54) is 12.8 Å². The zero-order valence-electron chi connectivity index (χ0n) is 12.7. The van der Waals surface area contributed by atoms with Gasteiger partial charge in [-0.1, -0.05) is 6.92 Å². The van der Waals surface area contributed by atoms with Gasteiger partial charge >= 0.3 is 0 Å². The zero-order chi connectivity index (χ0) is 14.9. The molecule has 1 fully saturated rings. The molecule has 0 aliphatic heterocycles. The van der Waals surface area contributed by atoms with E-state index in [-0.39, 0.29) is 5.54 Å². The number of hydrogen-bond donors (Lipinski definition) is 2. The first kappa shape index (κ1) is 14.1. The van der Waals surface area contributed by atoms with Gasteiger partial charge in [-0.15, -0.1) is 0 Å². The standard InChI is InChI=1S/C17H23N3O/c1-3-10-21-14-8-4-12(5-9-14)15-11-19-16(20-15)17(2,18)13-6-7-13/h4-5,8-9,11,13H,3,6-7,10,18H2,1-2H3,(H,19,20). The third-order valence-electron chi connectivity index (χ3n) is 4.15. The van der Waals surface area contributed by atoms with Crippen LogP contribution in [0.3, 0.4) is 0 Å². The van der Waals surface area contributed by atoms with Gasteiger partial charge < -0.3 is 15.5 Å². The minimum absolute atomic E-state index is 0.345. The molecule has 1 saturated carbocycles. The summed E-state index contributed by atoms with van der Waals surface area (Å²) in [5.41, 5.74) is 8.16. The first-order valence-corrected chi connectivity index (χ1v) is 7.69. The number of nitrogens with zero attached hydrogens (tertiary/aromatic N) is 1. The van der Waals surface area contributed by atoms with Crippen molar-refractivity contribution in [3.8, 4) is 17.0 Å². The van der Waals surface area contributed by atoms with Crippen LogP contribution in [0, 0.1) is 5.92 Å². The van der Waals surface area contributed by atoms with Gasteiger partial charge in [-0.3, -0.25) is 0 Å². The topological polar surface area (TPSA) is 63.9 Å². The second-order valence-electron chi connectivity index (χ2n) is 6.08. The maximum atomic E-state index is 6.40. The van der Waals surface area contributed by atoms with E-state index in [0.29, 0.717) is 5.92 Å². The molecule has 1 heterocycles. The predicted molar refractivity (Wildman–Crippen MR) is 84.1 cm³/mol. The Morgan fingerprint density at radius 1 is 1.33 bits per heavy atom. The summed E-state index contributed by atoms with van der Waals surface area (Å²) >= 11 is 0. The number of rotatable bonds is 6. The Morgan fingerprint density at radius 3 is 2.67 bits per heavy atom. The van der Waals surface area contributed by atoms with Gasteiger partial charge in [0, 0.05) is 0 Å². The number of hydrogen-bond acceptors (Lipinski definition) is 3. The van der Waals surface area contributed by atoms with E-state index in [4.69, 9.17) is 10.5 Å². The first-order chi connectivity index (χ1) is 10.1. The van der Waals surface area contributed by atoms with E-state index in [1.807, 2.05) is 30.5 Å². The van der Waals surface area contributed by atoms with E-state index in [1.54, 1.807) is 0 Å². The first-order valence-electron chi connectivity index (χ1n) is 7.69. The molecule has 112 valence electrons. The number of H-pyrrole nitrogens is 1. The Kier molecular flexibility index (Phi) is 3.72. The summed E-state index contributed by atoms with van der Waals surface area (Å²) in [6.07, 6.45) is 5.28. The Balaban J connectivity index is 1.76. The van der Waals surface area contributed by atoms with Gasteiger partial charge in [0.25, 0.3) is 0 Å². The number of nitrogens with one attached hydrogen (secondary N) is 1. The van der Waals surface area contributed by atoms with Gasteiger partial charge in [0.2, 0.25) is 0 Å². The Bertz CT molecular complexity index is 597. The van der Waals surface area contributed by atoms with Crippen LogP contribution in [0.2, 0.25) is 0 Å². The Labute approximate surface area is 125 Å². The summed E-state index contributed by atoms with van der Waals surface area (Å²) in [7, 11) is 0. The summed E-state index contributed by atoms with van der Waals surface area (Å²) in [5, 5.41) is 0. The summed E-state index contributed by atoms with van der Waals surface area (Å²) in [4.78, 5) is 7.86. The van der Waals surface area contributed by atoms with Gasteiger partial charge in [-0.25, -0.2) is 4.98 Å². The van der Waals surface area contributed by atoms with Crippen molar-refractivity contribution in [3.63, 3.8) is 0 Å². The molecular formula is C17H23N3O. The molecule has 3 N–H and O–H groups in total. The SMILES string of the molecule is CCCOc1ccc(-c2cnc(C(C)(N)C3CC3)[nH]2)cc1. The van der Waals surface area contributed by atoms with E-state index >= 15 is 0 Å². The van der Waals surface area contributed by atoms with Gasteiger partial charge in [0.1, 0.15) is 11.6 Å². The quantitative estimate of drug-likeness (QED) is 0.854. The third kappa shape index (κ3) is 2.95. The molecule has 1 aliphatic carbocycles. The van der Waals surface area contributed by atoms with Crippen LogP contribution in [0.25, 0.3) is 11.3 Å². The highest BCUT2D eigenvalue weighted by atomic mass is 16.5. The summed E-state index contributed by atoms with van der Waals surface area (Å²) < 4.78 is 5.60. The smallest absolute Gasteiger partial charge is 0.126 e. The van der Waals surface area contributed by atoms with Crippen molar-refractivity contribution in [2.24, 2.45) is 11.7 Å². The molecule has 4 heteroatoms. The monoisotopic (exact) mass is 285 g/mol. The lowest BCUT2D eigenvalue weighted by atomic mass is 9.97. The van der Waals surface area contributed by atoms with Crippen LogP contribution in [0.1, 0.15) is 38.9 Å². The van der Waals surface area contributed by atoms with Gasteiger partial charge in [-0.05, 0) is 61.9 Å². The van der Waals surface area contributed by atoms with Crippen molar-refractivity contribution in [3.05, 3.63) is 36.3 Å². The summed E-state index contributed by atoms with van der Waals surface area (Å²) in [6.45, 7) is 4.92. The lowest BCUT2D eigenvalue weighted by Crippen LogP contribution is -2.36. The largest absolute Gasteiger partial charge is 0.494 e. The van der Waals surface area contributed by atoms with E-state index < -0.39 is 0 Å². The molecule has 0 spiro atoms. The number of ether oxygens (including phenoxy) is 1. The molecule has 1 aromatic heterocycles. The molecule has 4 nitrogen and oxygen atoms in total. The van der Waals surface area contributed by atoms with E-state index in [2.05, 4.69) is 23.8 Å². The molecule has 0 saturated heterocycles. The minimum atomic E-state index is -0.345. The lowest BCUT2D eigenvalue weighted by molar-refractivity contribution is 0.317. The minimum Gasteiger partial charge on any atom is -0.494 e. The molecule has 1 unspecified atom stereocenters. The van der Waals surface area contributed by atoms with Crippen molar-refractivity contribution in [2.75, 3.05) is 6.61 Å². The maximum absolute atomic E-state index is 6.40. The van der Waals surface area contributed by atoms with Crippen molar-refractivity contribution in [2.45, 2.75) is 38.6 Å². The molecule has 2 aromatic rings. The fourth-order valence-corrected chi connectivity index (χ4v) is 2.57. The third-order valence-corrected chi connectivity index (χ3v) is 4.15. The number of aromatic nitrogens is 2. The van der Waals surface area contributed by atoms with Crippen LogP contribution in [0.15, 0.2) is 30.5 Å². The fourth-order valence-electron chi connectivity index (χ4n) is 2.57. The Morgan fingerprint density at radius 2 is 2.05 bits per heavy atom. The predicted octanol–water partition coefficient (Wildman–Crippen LogP) is 3.45. The molecule has 1 aliphatic rings. The molecule has 3 rings (SSSR count). The highest BCUT2D eigenvalue weighted by Gasteiger charge is 2.41. The van der Waals surface area contributed by atoms with Crippen LogP contribution in [0.4, 0.5) is 0 Å². The molecule has 0 bridgehead atoms. The molecule has 1 atom stereocenters. The highest BCUT2D eigenvalue weighted by Crippen LogP contribution is 2.43. The molecule has 1 aromatic carbocycles. The van der Waals surface area contributed by atoms with Crippen molar-refractivity contribution in [1.82, 2.24) is 9.97 Å². The zero-order valence-corrected chi connectivity index (χ0v) is 12.7. The summed E-state index contributed by atoms with van der Waals surface area (Å²) in [6, 6.07) is 8.09. The van der Waals surface area contributed by atoms with E-state index in [9.17, 15) is 0 Å². The van der Waals surface area contributed by atoms with Crippen molar-refractivity contribution < 1.29 is 4.74 Å². The average molecular weight is 285 g/mol. The lowest BCUT2D eigenvalue weighted by Gasteiger charge is -2.21. The maximum Gasteiger partial charge on any atom is 0.126 e. The second-order valence-corrected chi connectivity index (χ2v) is 6.08. The van der Waals surface area contributed by atoms with Crippen LogP contribution in [0.5, 0.6) is 5.75 Å². The Hall–Kier alpha value is -1.81. The molecule has 0 radical (unpaired) electrons. The highest BCUT2D eigenvalue weighted by molar-refractivity contribution is 5.59. The van der Waals surface area contributed by atoms with Crippen LogP contribution < -0.4 is 10.5 Å². The second kappa shape index (κ2) is 5.53. The normalized spacial score (nSPS) is 17.5. The van der Waals surface area contributed by atoms with Gasteiger partial charge in [0.15, 0.2) is 0 Å². The van der Waals surface area contributed by atoms with Crippen molar-refractivity contribution in [1.29, 1.82) is 0 Å². The number of aromatic amines is 1.